The monoisotopic (exact) mass is 249 g/mol. The molecule has 3 nitrogen and oxygen atoms in total. The van der Waals surface area contributed by atoms with Gasteiger partial charge in [-0.25, -0.2) is 0 Å². The third kappa shape index (κ3) is 3.72. The summed E-state index contributed by atoms with van der Waals surface area (Å²) in [4.78, 5) is 0. The van der Waals surface area contributed by atoms with Gasteiger partial charge in [0.25, 0.3) is 0 Å². The Morgan fingerprint density at radius 3 is 2.39 bits per heavy atom. The van der Waals surface area contributed by atoms with E-state index in [0.29, 0.717) is 13.2 Å². The number of ether oxygens (including phenoxy) is 2. The summed E-state index contributed by atoms with van der Waals surface area (Å²) in [5.41, 5.74) is 7.39. The second kappa shape index (κ2) is 6.21. The summed E-state index contributed by atoms with van der Waals surface area (Å²) in [5, 5.41) is 0. The molecule has 0 heterocycles. The van der Waals surface area contributed by atoms with Crippen LogP contribution in [0.2, 0.25) is 0 Å². The SMILES string of the molecule is COc1ccc(COCC2(N)CCCCC2)cc1. The first kappa shape index (κ1) is 13.4. The Balaban J connectivity index is 1.77. The van der Waals surface area contributed by atoms with Crippen molar-refractivity contribution < 1.29 is 9.47 Å². The predicted octanol–water partition coefficient (Wildman–Crippen LogP) is 2.87. The van der Waals surface area contributed by atoms with Crippen LogP contribution < -0.4 is 10.5 Å². The van der Waals surface area contributed by atoms with Gasteiger partial charge in [0.15, 0.2) is 0 Å². The Morgan fingerprint density at radius 2 is 1.78 bits per heavy atom. The number of benzene rings is 1. The van der Waals surface area contributed by atoms with E-state index in [0.717, 1.165) is 24.2 Å². The van der Waals surface area contributed by atoms with E-state index in [1.807, 2.05) is 24.3 Å². The molecule has 0 saturated heterocycles. The van der Waals surface area contributed by atoms with Crippen LogP contribution in [-0.2, 0) is 11.3 Å². The minimum atomic E-state index is -0.0925. The number of methoxy groups -OCH3 is 1. The van der Waals surface area contributed by atoms with E-state index >= 15 is 0 Å². The molecule has 0 amide bonds. The molecule has 0 atom stereocenters. The molecule has 1 fully saturated rings. The Kier molecular flexibility index (Phi) is 4.61. The molecule has 0 unspecified atom stereocenters. The molecule has 1 aromatic carbocycles. The summed E-state index contributed by atoms with van der Waals surface area (Å²) < 4.78 is 10.9. The van der Waals surface area contributed by atoms with E-state index < -0.39 is 0 Å². The zero-order chi connectivity index (χ0) is 12.8. The molecule has 0 aliphatic heterocycles. The molecule has 2 N–H and O–H groups in total. The van der Waals surface area contributed by atoms with E-state index in [1.54, 1.807) is 7.11 Å². The zero-order valence-corrected chi connectivity index (χ0v) is 11.2. The van der Waals surface area contributed by atoms with Crippen LogP contribution in [0.15, 0.2) is 24.3 Å². The molecular weight excluding hydrogens is 226 g/mol. The maximum Gasteiger partial charge on any atom is 0.118 e. The average Bonchev–Trinajstić information content (AvgIpc) is 2.40. The Bertz CT molecular complexity index is 355. The molecule has 1 aromatic rings. The van der Waals surface area contributed by atoms with Crippen LogP contribution in [0.5, 0.6) is 5.75 Å². The van der Waals surface area contributed by atoms with Crippen molar-refractivity contribution in [3.8, 4) is 5.75 Å². The molecular formula is C15H23NO2. The fourth-order valence-electron chi connectivity index (χ4n) is 2.49. The molecule has 0 spiro atoms. The summed E-state index contributed by atoms with van der Waals surface area (Å²) in [6.07, 6.45) is 5.98. The highest BCUT2D eigenvalue weighted by molar-refractivity contribution is 5.26. The summed E-state index contributed by atoms with van der Waals surface area (Å²) >= 11 is 0. The van der Waals surface area contributed by atoms with Crippen molar-refractivity contribution in [3.05, 3.63) is 29.8 Å². The van der Waals surface area contributed by atoms with Gasteiger partial charge in [-0.1, -0.05) is 31.4 Å². The van der Waals surface area contributed by atoms with Crippen LogP contribution in [0, 0.1) is 0 Å². The number of rotatable bonds is 5. The smallest absolute Gasteiger partial charge is 0.118 e. The molecule has 18 heavy (non-hydrogen) atoms. The van der Waals surface area contributed by atoms with Crippen LogP contribution in [0.1, 0.15) is 37.7 Å². The van der Waals surface area contributed by atoms with Gasteiger partial charge in [-0.05, 0) is 30.5 Å². The maximum atomic E-state index is 6.32. The first-order valence-electron chi connectivity index (χ1n) is 6.71. The van der Waals surface area contributed by atoms with Gasteiger partial charge in [-0.2, -0.15) is 0 Å². The van der Waals surface area contributed by atoms with Crippen molar-refractivity contribution >= 4 is 0 Å². The summed E-state index contributed by atoms with van der Waals surface area (Å²) in [5.74, 6) is 0.876. The fourth-order valence-corrected chi connectivity index (χ4v) is 2.49. The van der Waals surface area contributed by atoms with Crippen LogP contribution in [-0.4, -0.2) is 19.3 Å². The summed E-state index contributed by atoms with van der Waals surface area (Å²) in [6.45, 7) is 1.29. The minimum Gasteiger partial charge on any atom is -0.497 e. The topological polar surface area (TPSA) is 44.5 Å². The second-order valence-corrected chi connectivity index (χ2v) is 5.26. The molecule has 100 valence electrons. The van der Waals surface area contributed by atoms with Gasteiger partial charge >= 0.3 is 0 Å². The summed E-state index contributed by atoms with van der Waals surface area (Å²) in [7, 11) is 1.67. The lowest BCUT2D eigenvalue weighted by atomic mass is 9.83. The van der Waals surface area contributed by atoms with Crippen LogP contribution >= 0.6 is 0 Å². The first-order chi connectivity index (χ1) is 8.72. The standard InChI is InChI=1S/C15H23NO2/c1-17-14-7-5-13(6-8-14)11-18-12-15(16)9-3-2-4-10-15/h5-8H,2-4,9-12,16H2,1H3. The zero-order valence-electron chi connectivity index (χ0n) is 11.2. The van der Waals surface area contributed by atoms with E-state index in [2.05, 4.69) is 0 Å². The second-order valence-electron chi connectivity index (χ2n) is 5.26. The molecule has 1 aliphatic rings. The largest absolute Gasteiger partial charge is 0.497 e. The Labute approximate surface area is 109 Å². The van der Waals surface area contributed by atoms with Gasteiger partial charge in [0, 0.05) is 5.54 Å². The maximum absolute atomic E-state index is 6.32. The van der Waals surface area contributed by atoms with Gasteiger partial charge in [0.05, 0.1) is 20.3 Å². The van der Waals surface area contributed by atoms with Crippen LogP contribution in [0.4, 0.5) is 0 Å². The minimum absolute atomic E-state index is 0.0925. The first-order valence-corrected chi connectivity index (χ1v) is 6.71. The molecule has 0 radical (unpaired) electrons. The molecule has 2 rings (SSSR count). The normalized spacial score (nSPS) is 18.6. The van der Waals surface area contributed by atoms with Gasteiger partial charge in [-0.15, -0.1) is 0 Å². The molecule has 1 saturated carbocycles. The lowest BCUT2D eigenvalue weighted by Gasteiger charge is -2.33. The van der Waals surface area contributed by atoms with Gasteiger partial charge in [0.2, 0.25) is 0 Å². The van der Waals surface area contributed by atoms with E-state index in [-0.39, 0.29) is 5.54 Å². The van der Waals surface area contributed by atoms with Crippen molar-refractivity contribution in [2.75, 3.05) is 13.7 Å². The quantitative estimate of drug-likeness (QED) is 0.872. The molecule has 0 aromatic heterocycles. The van der Waals surface area contributed by atoms with Crippen molar-refractivity contribution in [2.24, 2.45) is 5.73 Å². The van der Waals surface area contributed by atoms with E-state index in [9.17, 15) is 0 Å². The van der Waals surface area contributed by atoms with E-state index in [4.69, 9.17) is 15.2 Å². The van der Waals surface area contributed by atoms with Crippen molar-refractivity contribution in [2.45, 2.75) is 44.2 Å². The lowest BCUT2D eigenvalue weighted by molar-refractivity contribution is 0.0574. The molecule has 0 bridgehead atoms. The average molecular weight is 249 g/mol. The number of hydrogen-bond donors (Lipinski definition) is 1. The third-order valence-corrected chi connectivity index (χ3v) is 3.67. The lowest BCUT2D eigenvalue weighted by Crippen LogP contribution is -2.46. The fraction of sp³-hybridized carbons (Fsp3) is 0.600. The molecule has 3 heteroatoms. The number of hydrogen-bond acceptors (Lipinski definition) is 3. The van der Waals surface area contributed by atoms with Gasteiger partial charge in [-0.3, -0.25) is 0 Å². The Hall–Kier alpha value is -1.06. The highest BCUT2D eigenvalue weighted by Crippen LogP contribution is 2.26. The predicted molar refractivity (Wildman–Crippen MR) is 72.7 cm³/mol. The van der Waals surface area contributed by atoms with Crippen molar-refractivity contribution in [3.63, 3.8) is 0 Å². The van der Waals surface area contributed by atoms with Crippen molar-refractivity contribution in [1.29, 1.82) is 0 Å². The highest BCUT2D eigenvalue weighted by atomic mass is 16.5. The van der Waals surface area contributed by atoms with Crippen molar-refractivity contribution in [1.82, 2.24) is 0 Å². The summed E-state index contributed by atoms with van der Waals surface area (Å²) in [6, 6.07) is 7.97. The number of nitrogens with two attached hydrogens (primary N) is 1. The van der Waals surface area contributed by atoms with Crippen LogP contribution in [0.3, 0.4) is 0 Å². The van der Waals surface area contributed by atoms with Crippen LogP contribution in [0.25, 0.3) is 0 Å². The van der Waals surface area contributed by atoms with Gasteiger partial charge in [0.1, 0.15) is 5.75 Å². The van der Waals surface area contributed by atoms with Gasteiger partial charge < -0.3 is 15.2 Å². The van der Waals surface area contributed by atoms with E-state index in [1.165, 1.54) is 19.3 Å². The Morgan fingerprint density at radius 1 is 1.11 bits per heavy atom. The highest BCUT2D eigenvalue weighted by Gasteiger charge is 2.27. The third-order valence-electron chi connectivity index (χ3n) is 3.67. The molecule has 1 aliphatic carbocycles.